The van der Waals surface area contributed by atoms with Crippen molar-refractivity contribution >= 4 is 54.6 Å². The largest absolute Gasteiger partial charge is 0.325 e. The third-order valence-electron chi connectivity index (χ3n) is 6.49. The van der Waals surface area contributed by atoms with Crippen LogP contribution in [0, 0.1) is 27.7 Å². The average molecular weight is 612 g/mol. The summed E-state index contributed by atoms with van der Waals surface area (Å²) < 4.78 is 56.8. The van der Waals surface area contributed by atoms with E-state index >= 15 is 0 Å². The van der Waals surface area contributed by atoms with Crippen molar-refractivity contribution in [1.82, 2.24) is 0 Å². The Morgan fingerprint density at radius 3 is 2.05 bits per heavy atom. The van der Waals surface area contributed by atoms with Crippen LogP contribution in [0.1, 0.15) is 22.3 Å². The van der Waals surface area contributed by atoms with Crippen LogP contribution in [0.5, 0.6) is 0 Å². The van der Waals surface area contributed by atoms with E-state index in [1.54, 1.807) is 43.3 Å². The molecule has 4 aromatic rings. The summed E-state index contributed by atoms with van der Waals surface area (Å²) in [5.41, 5.74) is 4.14. The van der Waals surface area contributed by atoms with Gasteiger partial charge in [0.05, 0.1) is 21.2 Å². The molecular formula is C30H30ClN3O5S2. The molecule has 0 aliphatic heterocycles. The number of carbonyl (C=O) groups is 1. The van der Waals surface area contributed by atoms with Gasteiger partial charge in [-0.25, -0.2) is 16.8 Å². The minimum Gasteiger partial charge on any atom is -0.325 e. The molecule has 0 aliphatic carbocycles. The molecule has 41 heavy (non-hydrogen) atoms. The van der Waals surface area contributed by atoms with Crippen LogP contribution < -0.4 is 14.3 Å². The normalized spacial score (nSPS) is 11.6. The number of halogens is 1. The second kappa shape index (κ2) is 11.9. The number of aryl methyl sites for hydroxylation is 3. The lowest BCUT2D eigenvalue weighted by Crippen LogP contribution is -2.38. The number of nitrogens with one attached hydrogen (secondary N) is 2. The molecular weight excluding hydrogens is 582 g/mol. The number of hydrogen-bond donors (Lipinski definition) is 2. The predicted octanol–water partition coefficient (Wildman–Crippen LogP) is 6.21. The van der Waals surface area contributed by atoms with E-state index in [1.807, 2.05) is 32.9 Å². The van der Waals surface area contributed by atoms with Crippen LogP contribution in [0.3, 0.4) is 0 Å². The molecule has 0 fully saturated rings. The van der Waals surface area contributed by atoms with Crippen molar-refractivity contribution in [2.24, 2.45) is 0 Å². The Balaban J connectivity index is 1.57. The smallest absolute Gasteiger partial charge is 0.264 e. The Hall–Kier alpha value is -3.86. The van der Waals surface area contributed by atoms with Gasteiger partial charge in [0, 0.05) is 10.7 Å². The summed E-state index contributed by atoms with van der Waals surface area (Å²) in [4.78, 5) is 13.2. The summed E-state index contributed by atoms with van der Waals surface area (Å²) in [7, 11) is -8.01. The van der Waals surface area contributed by atoms with Crippen molar-refractivity contribution in [3.05, 3.63) is 112 Å². The summed E-state index contributed by atoms with van der Waals surface area (Å²) in [5, 5.41) is 3.02. The summed E-state index contributed by atoms with van der Waals surface area (Å²) in [6, 6.07) is 22.3. The minimum atomic E-state index is -4.13. The van der Waals surface area contributed by atoms with Crippen molar-refractivity contribution in [1.29, 1.82) is 0 Å². The zero-order chi connectivity index (χ0) is 29.9. The van der Waals surface area contributed by atoms with Crippen LogP contribution in [0.4, 0.5) is 17.1 Å². The van der Waals surface area contributed by atoms with Crippen LogP contribution in [0.2, 0.25) is 5.02 Å². The molecule has 1 amide bonds. The van der Waals surface area contributed by atoms with Crippen LogP contribution in [-0.2, 0) is 24.8 Å². The van der Waals surface area contributed by atoms with Gasteiger partial charge >= 0.3 is 0 Å². The maximum atomic E-state index is 13.7. The lowest BCUT2D eigenvalue weighted by molar-refractivity contribution is -0.114. The molecule has 0 aromatic heterocycles. The minimum absolute atomic E-state index is 0.00883. The third-order valence-corrected chi connectivity index (χ3v) is 10.1. The van der Waals surface area contributed by atoms with Gasteiger partial charge in [-0.15, -0.1) is 0 Å². The fourth-order valence-electron chi connectivity index (χ4n) is 4.10. The van der Waals surface area contributed by atoms with Crippen LogP contribution in [0.25, 0.3) is 0 Å². The molecule has 11 heteroatoms. The molecule has 0 unspecified atom stereocenters. The molecule has 0 saturated carbocycles. The van der Waals surface area contributed by atoms with Crippen molar-refractivity contribution in [3.63, 3.8) is 0 Å². The summed E-state index contributed by atoms with van der Waals surface area (Å²) in [6.45, 7) is 6.67. The van der Waals surface area contributed by atoms with E-state index in [-0.39, 0.29) is 15.5 Å². The number of sulfonamides is 2. The highest BCUT2D eigenvalue weighted by Gasteiger charge is 2.29. The van der Waals surface area contributed by atoms with Crippen molar-refractivity contribution in [3.8, 4) is 0 Å². The Bertz CT molecular complexity index is 1810. The first-order chi connectivity index (χ1) is 19.3. The monoisotopic (exact) mass is 611 g/mol. The van der Waals surface area contributed by atoms with E-state index in [0.717, 1.165) is 21.0 Å². The fraction of sp³-hybridized carbons (Fsp3) is 0.167. The number of carbonyl (C=O) groups excluding carboxylic acids is 1. The molecule has 4 aromatic carbocycles. The van der Waals surface area contributed by atoms with Gasteiger partial charge in [-0.3, -0.25) is 13.8 Å². The summed E-state index contributed by atoms with van der Waals surface area (Å²) in [5.74, 6) is -0.621. The lowest BCUT2D eigenvalue weighted by Gasteiger charge is -2.26. The van der Waals surface area contributed by atoms with Crippen LogP contribution >= 0.6 is 11.6 Å². The first-order valence-electron chi connectivity index (χ1n) is 12.6. The molecule has 0 saturated heterocycles. The van der Waals surface area contributed by atoms with Gasteiger partial charge in [0.2, 0.25) is 5.91 Å². The molecule has 214 valence electrons. The number of rotatable bonds is 9. The molecule has 2 N–H and O–H groups in total. The average Bonchev–Trinajstić information content (AvgIpc) is 2.91. The van der Waals surface area contributed by atoms with Gasteiger partial charge in [-0.1, -0.05) is 47.5 Å². The lowest BCUT2D eigenvalue weighted by atomic mass is 10.1. The summed E-state index contributed by atoms with van der Waals surface area (Å²) in [6.07, 6.45) is 0. The molecule has 0 aliphatic rings. The summed E-state index contributed by atoms with van der Waals surface area (Å²) >= 11 is 6.28. The Labute approximate surface area is 246 Å². The highest BCUT2D eigenvalue weighted by atomic mass is 35.5. The van der Waals surface area contributed by atoms with E-state index in [4.69, 9.17) is 11.6 Å². The van der Waals surface area contributed by atoms with Gasteiger partial charge in [-0.05, 0) is 99.0 Å². The van der Waals surface area contributed by atoms with E-state index < -0.39 is 32.5 Å². The first kappa shape index (κ1) is 30.1. The van der Waals surface area contributed by atoms with Crippen LogP contribution in [0.15, 0.2) is 94.7 Å². The SMILES string of the molecule is Cc1ccc(S(=O)(=O)N(CC(=O)Nc2ccc(S(=O)(=O)Nc3cc(C)ccc3C)cc2)c2cccc(Cl)c2C)cc1. The Morgan fingerprint density at radius 1 is 0.780 bits per heavy atom. The van der Waals surface area contributed by atoms with E-state index in [2.05, 4.69) is 10.0 Å². The second-order valence-corrected chi connectivity index (χ2v) is 13.7. The molecule has 0 radical (unpaired) electrons. The standard InChI is InChI=1S/C30H30ClN3O5S2/c1-20-9-14-26(15-10-20)41(38,39)34(29-7-5-6-27(31)23(29)4)19-30(35)32-24-12-16-25(17-13-24)40(36,37)33-28-18-21(2)8-11-22(28)3/h5-18,33H,19H2,1-4H3,(H,32,35). The van der Waals surface area contributed by atoms with Gasteiger partial charge in [-0.2, -0.15) is 0 Å². The Kier molecular flexibility index (Phi) is 8.77. The molecule has 0 atom stereocenters. The molecule has 4 rings (SSSR count). The van der Waals surface area contributed by atoms with Gasteiger partial charge < -0.3 is 5.32 Å². The highest BCUT2D eigenvalue weighted by molar-refractivity contribution is 7.93. The molecule has 0 spiro atoms. The quantitative estimate of drug-likeness (QED) is 0.234. The number of hydrogen-bond acceptors (Lipinski definition) is 5. The zero-order valence-electron chi connectivity index (χ0n) is 23.0. The topological polar surface area (TPSA) is 113 Å². The van der Waals surface area contributed by atoms with Gasteiger partial charge in [0.15, 0.2) is 0 Å². The van der Waals surface area contributed by atoms with Crippen molar-refractivity contribution in [2.75, 3.05) is 20.9 Å². The maximum Gasteiger partial charge on any atom is 0.264 e. The van der Waals surface area contributed by atoms with Crippen LogP contribution in [-0.4, -0.2) is 29.3 Å². The number of amides is 1. The molecule has 8 nitrogen and oxygen atoms in total. The number of benzene rings is 4. The fourth-order valence-corrected chi connectivity index (χ4v) is 6.87. The third kappa shape index (κ3) is 6.90. The van der Waals surface area contributed by atoms with Gasteiger partial charge in [0.25, 0.3) is 20.0 Å². The Morgan fingerprint density at radius 2 is 1.39 bits per heavy atom. The molecule has 0 bridgehead atoms. The van der Waals surface area contributed by atoms with E-state index in [1.165, 1.54) is 36.4 Å². The second-order valence-electron chi connectivity index (χ2n) is 9.71. The predicted molar refractivity (Wildman–Crippen MR) is 164 cm³/mol. The first-order valence-corrected chi connectivity index (χ1v) is 15.9. The van der Waals surface area contributed by atoms with E-state index in [9.17, 15) is 21.6 Å². The van der Waals surface area contributed by atoms with Gasteiger partial charge in [0.1, 0.15) is 6.54 Å². The number of nitrogens with zero attached hydrogens (tertiary/aromatic N) is 1. The van der Waals surface area contributed by atoms with E-state index in [0.29, 0.717) is 22.0 Å². The zero-order valence-corrected chi connectivity index (χ0v) is 25.4. The van der Waals surface area contributed by atoms with Crippen molar-refractivity contribution < 1.29 is 21.6 Å². The number of anilines is 3. The maximum absolute atomic E-state index is 13.7. The highest BCUT2D eigenvalue weighted by Crippen LogP contribution is 2.31. The van der Waals surface area contributed by atoms with Crippen molar-refractivity contribution in [2.45, 2.75) is 37.5 Å². The molecule has 0 heterocycles.